The van der Waals surface area contributed by atoms with Crippen LogP contribution in [0.2, 0.25) is 0 Å². The van der Waals surface area contributed by atoms with Crippen LogP contribution < -0.4 is 0 Å². The number of rotatable bonds is 2. The van der Waals surface area contributed by atoms with Gasteiger partial charge in [-0.15, -0.1) is 0 Å². The molecule has 1 aliphatic rings. The maximum absolute atomic E-state index is 10.4. The number of carbonyl (C=O) groups is 1. The Bertz CT molecular complexity index is 159. The highest BCUT2D eigenvalue weighted by molar-refractivity contribution is 7.99. The molecule has 1 fully saturated rings. The molecule has 1 N–H and O–H groups in total. The van der Waals surface area contributed by atoms with E-state index >= 15 is 0 Å². The van der Waals surface area contributed by atoms with Gasteiger partial charge in [0.1, 0.15) is 0 Å². The smallest absolute Gasteiger partial charge is 0.331 e. The first-order valence-corrected chi connectivity index (χ1v) is 4.37. The van der Waals surface area contributed by atoms with E-state index in [1.807, 2.05) is 0 Å². The van der Waals surface area contributed by atoms with Gasteiger partial charge in [-0.3, -0.25) is 0 Å². The van der Waals surface area contributed by atoms with E-state index in [0.717, 1.165) is 17.9 Å². The van der Waals surface area contributed by atoms with E-state index in [9.17, 15) is 4.79 Å². The molecule has 3 heteroatoms. The van der Waals surface area contributed by atoms with E-state index in [-0.39, 0.29) is 5.92 Å². The Labute approximate surface area is 64.3 Å². The number of carboxylic acid groups (broad SMARTS) is 1. The SMILES string of the molecule is C=C(C(=O)O)C1CCSC1. The maximum atomic E-state index is 10.4. The summed E-state index contributed by atoms with van der Waals surface area (Å²) in [5.74, 6) is 1.40. The van der Waals surface area contributed by atoms with Crippen LogP contribution in [-0.2, 0) is 4.79 Å². The Kier molecular flexibility index (Phi) is 2.38. The first-order valence-electron chi connectivity index (χ1n) is 3.21. The minimum Gasteiger partial charge on any atom is -0.478 e. The Hall–Kier alpha value is -0.440. The van der Waals surface area contributed by atoms with Gasteiger partial charge in [-0.25, -0.2) is 4.79 Å². The molecule has 0 aromatic heterocycles. The fourth-order valence-corrected chi connectivity index (χ4v) is 2.25. The van der Waals surface area contributed by atoms with Crippen molar-refractivity contribution in [3.63, 3.8) is 0 Å². The fraction of sp³-hybridized carbons (Fsp3) is 0.571. The summed E-state index contributed by atoms with van der Waals surface area (Å²) in [6.45, 7) is 3.52. The van der Waals surface area contributed by atoms with Crippen LogP contribution in [0.3, 0.4) is 0 Å². The van der Waals surface area contributed by atoms with Gasteiger partial charge in [0.05, 0.1) is 0 Å². The summed E-state index contributed by atoms with van der Waals surface area (Å²) in [6.07, 6.45) is 0.982. The average molecular weight is 158 g/mol. The van der Waals surface area contributed by atoms with Crippen LogP contribution in [0.1, 0.15) is 6.42 Å². The molecular weight excluding hydrogens is 148 g/mol. The molecule has 0 saturated carbocycles. The van der Waals surface area contributed by atoms with E-state index in [4.69, 9.17) is 5.11 Å². The van der Waals surface area contributed by atoms with Crippen LogP contribution >= 0.6 is 11.8 Å². The van der Waals surface area contributed by atoms with Crippen LogP contribution in [0.15, 0.2) is 12.2 Å². The van der Waals surface area contributed by atoms with Crippen molar-refractivity contribution >= 4 is 17.7 Å². The third-order valence-electron chi connectivity index (χ3n) is 1.70. The predicted molar refractivity (Wildman–Crippen MR) is 42.2 cm³/mol. The number of aliphatic carboxylic acids is 1. The van der Waals surface area contributed by atoms with Gasteiger partial charge >= 0.3 is 5.97 Å². The van der Waals surface area contributed by atoms with E-state index in [2.05, 4.69) is 6.58 Å². The normalized spacial score (nSPS) is 24.6. The summed E-state index contributed by atoms with van der Waals surface area (Å²) in [7, 11) is 0. The quantitative estimate of drug-likeness (QED) is 0.617. The lowest BCUT2D eigenvalue weighted by atomic mass is 10.0. The predicted octanol–water partition coefficient (Wildman–Crippen LogP) is 1.38. The average Bonchev–Trinajstić information content (AvgIpc) is 2.36. The molecule has 0 amide bonds. The lowest BCUT2D eigenvalue weighted by Gasteiger charge is -2.05. The minimum atomic E-state index is -0.840. The van der Waals surface area contributed by atoms with Gasteiger partial charge in [0.25, 0.3) is 0 Å². The van der Waals surface area contributed by atoms with Crippen molar-refractivity contribution in [3.8, 4) is 0 Å². The molecule has 1 atom stereocenters. The van der Waals surface area contributed by atoms with Crippen molar-refractivity contribution in [1.29, 1.82) is 0 Å². The van der Waals surface area contributed by atoms with E-state index in [1.165, 1.54) is 0 Å². The topological polar surface area (TPSA) is 37.3 Å². The number of thioether (sulfide) groups is 1. The molecule has 0 bridgehead atoms. The van der Waals surface area contributed by atoms with Crippen molar-refractivity contribution in [3.05, 3.63) is 12.2 Å². The third-order valence-corrected chi connectivity index (χ3v) is 2.86. The van der Waals surface area contributed by atoms with Gasteiger partial charge in [-0.05, 0) is 12.2 Å². The second-order valence-corrected chi connectivity index (χ2v) is 3.54. The molecule has 0 aliphatic carbocycles. The van der Waals surface area contributed by atoms with Crippen molar-refractivity contribution in [1.82, 2.24) is 0 Å². The standard InChI is InChI=1S/C7H10O2S/c1-5(7(8)9)6-2-3-10-4-6/h6H,1-4H2,(H,8,9). The van der Waals surface area contributed by atoms with Crippen molar-refractivity contribution in [2.45, 2.75) is 6.42 Å². The zero-order chi connectivity index (χ0) is 7.56. The largest absolute Gasteiger partial charge is 0.478 e. The van der Waals surface area contributed by atoms with Crippen molar-refractivity contribution < 1.29 is 9.90 Å². The maximum Gasteiger partial charge on any atom is 0.331 e. The monoisotopic (exact) mass is 158 g/mol. The van der Waals surface area contributed by atoms with Gasteiger partial charge < -0.3 is 5.11 Å². The first kappa shape index (κ1) is 7.66. The molecule has 1 aliphatic heterocycles. The summed E-state index contributed by atoms with van der Waals surface area (Å²) >= 11 is 1.80. The molecule has 1 unspecified atom stereocenters. The van der Waals surface area contributed by atoms with Crippen LogP contribution in [0.5, 0.6) is 0 Å². The zero-order valence-corrected chi connectivity index (χ0v) is 6.49. The molecule has 2 nitrogen and oxygen atoms in total. The third kappa shape index (κ3) is 1.53. The highest BCUT2D eigenvalue weighted by Crippen LogP contribution is 2.28. The Morgan fingerprint density at radius 1 is 1.70 bits per heavy atom. The molecule has 1 saturated heterocycles. The van der Waals surface area contributed by atoms with Gasteiger partial charge in [0, 0.05) is 17.2 Å². The summed E-state index contributed by atoms with van der Waals surface area (Å²) in [6, 6.07) is 0. The molecule has 0 aromatic carbocycles. The van der Waals surface area contributed by atoms with Crippen molar-refractivity contribution in [2.24, 2.45) is 5.92 Å². The summed E-state index contributed by atoms with van der Waals surface area (Å²) < 4.78 is 0. The molecule has 1 heterocycles. The lowest BCUT2D eigenvalue weighted by Crippen LogP contribution is -2.10. The molecule has 1 rings (SSSR count). The van der Waals surface area contributed by atoms with E-state index in [1.54, 1.807) is 11.8 Å². The molecule has 10 heavy (non-hydrogen) atoms. The molecule has 0 aromatic rings. The van der Waals surface area contributed by atoms with Gasteiger partial charge in [-0.1, -0.05) is 6.58 Å². The Balaban J connectivity index is 2.48. The van der Waals surface area contributed by atoms with E-state index in [0.29, 0.717) is 5.57 Å². The summed E-state index contributed by atoms with van der Waals surface area (Å²) in [4.78, 5) is 10.4. The van der Waals surface area contributed by atoms with Gasteiger partial charge in [0.15, 0.2) is 0 Å². The molecule has 0 radical (unpaired) electrons. The van der Waals surface area contributed by atoms with E-state index < -0.39 is 5.97 Å². The lowest BCUT2D eigenvalue weighted by molar-refractivity contribution is -0.133. The fourth-order valence-electron chi connectivity index (χ4n) is 0.984. The highest BCUT2D eigenvalue weighted by Gasteiger charge is 2.22. The van der Waals surface area contributed by atoms with Crippen molar-refractivity contribution in [2.75, 3.05) is 11.5 Å². The molecule has 56 valence electrons. The van der Waals surface area contributed by atoms with Crippen LogP contribution in [0.4, 0.5) is 0 Å². The zero-order valence-electron chi connectivity index (χ0n) is 5.67. The highest BCUT2D eigenvalue weighted by atomic mass is 32.2. The Morgan fingerprint density at radius 2 is 2.40 bits per heavy atom. The second-order valence-electron chi connectivity index (χ2n) is 2.39. The number of hydrogen-bond donors (Lipinski definition) is 1. The van der Waals surface area contributed by atoms with Gasteiger partial charge in [-0.2, -0.15) is 11.8 Å². The van der Waals surface area contributed by atoms with Crippen LogP contribution in [0, 0.1) is 5.92 Å². The van der Waals surface area contributed by atoms with Gasteiger partial charge in [0.2, 0.25) is 0 Å². The summed E-state index contributed by atoms with van der Waals surface area (Å²) in [5.41, 5.74) is 0.380. The second kappa shape index (κ2) is 3.10. The Morgan fingerprint density at radius 3 is 2.80 bits per heavy atom. The molecule has 0 spiro atoms. The summed E-state index contributed by atoms with van der Waals surface area (Å²) in [5, 5.41) is 8.53. The number of carboxylic acids is 1. The number of hydrogen-bond acceptors (Lipinski definition) is 2. The van der Waals surface area contributed by atoms with Crippen LogP contribution in [0.25, 0.3) is 0 Å². The first-order chi connectivity index (χ1) is 4.72. The minimum absolute atomic E-state index is 0.225. The van der Waals surface area contributed by atoms with Crippen LogP contribution in [-0.4, -0.2) is 22.6 Å². The molecular formula is C7H10O2S.